The van der Waals surface area contributed by atoms with Crippen LogP contribution >= 0.6 is 0 Å². The van der Waals surface area contributed by atoms with Crippen LogP contribution in [0.15, 0.2) is 22.1 Å². The molecule has 2 unspecified atom stereocenters. The highest BCUT2D eigenvalue weighted by Gasteiger charge is 2.48. The maximum Gasteiger partial charge on any atom is 0.234 e. The Bertz CT molecular complexity index is 356. The van der Waals surface area contributed by atoms with Crippen LogP contribution in [0.25, 0.3) is 0 Å². The molecule has 0 N–H and O–H groups in total. The van der Waals surface area contributed by atoms with E-state index in [1.807, 2.05) is 0 Å². The highest BCUT2D eigenvalue weighted by molar-refractivity contribution is 5.35. The van der Waals surface area contributed by atoms with Crippen LogP contribution in [0.2, 0.25) is 0 Å². The summed E-state index contributed by atoms with van der Waals surface area (Å²) in [6.07, 6.45) is 9.56. The molecular formula is C11H12N2O2. The Morgan fingerprint density at radius 2 is 1.87 bits per heavy atom. The summed E-state index contributed by atoms with van der Waals surface area (Å²) in [5.74, 6) is 0.968. The number of hydrogen-bond donors (Lipinski definition) is 0. The van der Waals surface area contributed by atoms with Gasteiger partial charge in [0.15, 0.2) is 0 Å². The van der Waals surface area contributed by atoms with E-state index in [2.05, 4.69) is 22.1 Å². The third kappa shape index (κ3) is 1.70. The van der Waals surface area contributed by atoms with E-state index in [0.29, 0.717) is 24.9 Å². The number of nitrogens with zero attached hydrogens (tertiary/aromatic N) is 2. The minimum Gasteiger partial charge on any atom is -0.211 e. The molecule has 2 aliphatic carbocycles. The number of carbonyl (C=O) groups excluding carboxylic acids is 2. The van der Waals surface area contributed by atoms with Crippen molar-refractivity contribution >= 4 is 12.2 Å². The highest BCUT2D eigenvalue weighted by atomic mass is 16.1. The molecule has 2 rings (SSSR count). The molecule has 0 heterocycles. The van der Waals surface area contributed by atoms with Gasteiger partial charge in [-0.1, -0.05) is 12.2 Å². The zero-order chi connectivity index (χ0) is 10.7. The lowest BCUT2D eigenvalue weighted by Crippen LogP contribution is -2.32. The lowest BCUT2D eigenvalue weighted by Gasteiger charge is -2.31. The number of allylic oxidation sites excluding steroid dienone is 2. The molecule has 2 aliphatic rings. The molecule has 0 aromatic heterocycles. The Morgan fingerprint density at radius 3 is 2.27 bits per heavy atom. The third-order valence-corrected chi connectivity index (χ3v) is 3.54. The first-order valence-electron chi connectivity index (χ1n) is 5.06. The third-order valence-electron chi connectivity index (χ3n) is 3.54. The molecule has 0 aromatic rings. The summed E-state index contributed by atoms with van der Waals surface area (Å²) in [5, 5.41) is 0. The minimum atomic E-state index is -0.131. The molecule has 78 valence electrons. The Hall–Kier alpha value is -1.50. The normalized spacial score (nSPS) is 36.0. The van der Waals surface area contributed by atoms with Gasteiger partial charge in [-0.05, 0) is 24.7 Å². The minimum absolute atomic E-state index is 0.131. The Kier molecular flexibility index (Phi) is 2.63. The van der Waals surface area contributed by atoms with Gasteiger partial charge in [0.1, 0.15) is 0 Å². The first kappa shape index (κ1) is 10.0. The molecule has 0 spiro atoms. The zero-order valence-electron chi connectivity index (χ0n) is 8.35. The van der Waals surface area contributed by atoms with E-state index < -0.39 is 0 Å². The standard InChI is InChI=1S/C11H12N2O2/c14-7-12-5-11(6-13-8-15)4-9-1-2-10(11)3-9/h1-2,9-10H,3-6H2. The van der Waals surface area contributed by atoms with Crippen molar-refractivity contribution in [2.24, 2.45) is 27.2 Å². The molecule has 1 fully saturated rings. The van der Waals surface area contributed by atoms with E-state index in [0.717, 1.165) is 12.8 Å². The molecule has 15 heavy (non-hydrogen) atoms. The monoisotopic (exact) mass is 204 g/mol. The van der Waals surface area contributed by atoms with E-state index >= 15 is 0 Å². The van der Waals surface area contributed by atoms with E-state index in [-0.39, 0.29) is 5.41 Å². The van der Waals surface area contributed by atoms with E-state index in [1.54, 1.807) is 12.2 Å². The smallest absolute Gasteiger partial charge is 0.211 e. The van der Waals surface area contributed by atoms with Crippen LogP contribution in [0.1, 0.15) is 12.8 Å². The molecule has 0 amide bonds. The van der Waals surface area contributed by atoms with Crippen molar-refractivity contribution in [2.45, 2.75) is 12.8 Å². The van der Waals surface area contributed by atoms with Gasteiger partial charge in [0.05, 0.1) is 13.1 Å². The highest BCUT2D eigenvalue weighted by Crippen LogP contribution is 2.52. The van der Waals surface area contributed by atoms with Crippen molar-refractivity contribution in [1.82, 2.24) is 0 Å². The van der Waals surface area contributed by atoms with Crippen molar-refractivity contribution < 1.29 is 9.59 Å². The first-order chi connectivity index (χ1) is 7.30. The zero-order valence-corrected chi connectivity index (χ0v) is 8.35. The lowest BCUT2D eigenvalue weighted by molar-refractivity contribution is 0.253. The second-order valence-corrected chi connectivity index (χ2v) is 4.37. The van der Waals surface area contributed by atoms with Gasteiger partial charge in [0, 0.05) is 5.41 Å². The van der Waals surface area contributed by atoms with Gasteiger partial charge < -0.3 is 0 Å². The number of rotatable bonds is 4. The predicted molar refractivity (Wildman–Crippen MR) is 53.8 cm³/mol. The van der Waals surface area contributed by atoms with Crippen molar-refractivity contribution in [3.05, 3.63) is 12.2 Å². The number of isocyanates is 2. The van der Waals surface area contributed by atoms with Crippen molar-refractivity contribution in [3.63, 3.8) is 0 Å². The molecule has 0 aliphatic heterocycles. The van der Waals surface area contributed by atoms with Gasteiger partial charge in [0.25, 0.3) is 0 Å². The van der Waals surface area contributed by atoms with E-state index in [4.69, 9.17) is 0 Å². The lowest BCUT2D eigenvalue weighted by atomic mass is 9.76. The van der Waals surface area contributed by atoms with Gasteiger partial charge in [-0.2, -0.15) is 0 Å². The molecule has 4 heteroatoms. The van der Waals surface area contributed by atoms with Crippen LogP contribution in [0.3, 0.4) is 0 Å². The fraction of sp³-hybridized carbons (Fsp3) is 0.636. The fourth-order valence-electron chi connectivity index (χ4n) is 2.85. The molecule has 0 saturated heterocycles. The molecule has 1 saturated carbocycles. The molecule has 2 atom stereocenters. The average molecular weight is 204 g/mol. The number of aliphatic imine (C=N–C) groups is 2. The molecule has 2 bridgehead atoms. The van der Waals surface area contributed by atoms with Crippen LogP contribution < -0.4 is 0 Å². The summed E-state index contributed by atoms with van der Waals surface area (Å²) in [7, 11) is 0. The van der Waals surface area contributed by atoms with Gasteiger partial charge in [-0.25, -0.2) is 19.6 Å². The molecular weight excluding hydrogens is 192 g/mol. The topological polar surface area (TPSA) is 58.9 Å². The molecule has 0 radical (unpaired) electrons. The summed E-state index contributed by atoms with van der Waals surface area (Å²) < 4.78 is 0. The first-order valence-corrected chi connectivity index (χ1v) is 5.06. The van der Waals surface area contributed by atoms with Crippen molar-refractivity contribution in [1.29, 1.82) is 0 Å². The largest absolute Gasteiger partial charge is 0.234 e. The van der Waals surface area contributed by atoms with Crippen LogP contribution in [0.5, 0.6) is 0 Å². The summed E-state index contributed by atoms with van der Waals surface area (Å²) in [6, 6.07) is 0. The van der Waals surface area contributed by atoms with Gasteiger partial charge >= 0.3 is 0 Å². The van der Waals surface area contributed by atoms with Gasteiger partial charge in [-0.15, -0.1) is 0 Å². The van der Waals surface area contributed by atoms with E-state index in [1.165, 1.54) is 0 Å². The van der Waals surface area contributed by atoms with Crippen LogP contribution in [0, 0.1) is 17.3 Å². The summed E-state index contributed by atoms with van der Waals surface area (Å²) in [6.45, 7) is 0.848. The molecule has 4 nitrogen and oxygen atoms in total. The average Bonchev–Trinajstić information content (AvgIpc) is 2.84. The van der Waals surface area contributed by atoms with Crippen molar-refractivity contribution in [3.8, 4) is 0 Å². The Morgan fingerprint density at radius 1 is 1.20 bits per heavy atom. The summed E-state index contributed by atoms with van der Waals surface area (Å²) in [5.41, 5.74) is -0.131. The maximum absolute atomic E-state index is 10.2. The van der Waals surface area contributed by atoms with Crippen LogP contribution in [-0.2, 0) is 9.59 Å². The predicted octanol–water partition coefficient (Wildman–Crippen LogP) is 1.24. The van der Waals surface area contributed by atoms with Gasteiger partial charge in [0.2, 0.25) is 12.2 Å². The Labute approximate surface area is 87.8 Å². The van der Waals surface area contributed by atoms with E-state index in [9.17, 15) is 9.59 Å². The summed E-state index contributed by atoms with van der Waals surface area (Å²) in [4.78, 5) is 27.7. The van der Waals surface area contributed by atoms with Gasteiger partial charge in [-0.3, -0.25) is 0 Å². The number of hydrogen-bond acceptors (Lipinski definition) is 4. The second-order valence-electron chi connectivity index (χ2n) is 4.37. The maximum atomic E-state index is 10.2. The SMILES string of the molecule is O=C=NCC1(CN=C=O)CC2C=CC1C2. The number of fused-ring (bicyclic) bond motifs is 2. The van der Waals surface area contributed by atoms with Crippen molar-refractivity contribution in [2.75, 3.05) is 13.1 Å². The van der Waals surface area contributed by atoms with Crippen LogP contribution in [-0.4, -0.2) is 25.2 Å². The fourth-order valence-corrected chi connectivity index (χ4v) is 2.85. The Balaban J connectivity index is 2.19. The second kappa shape index (κ2) is 3.93. The molecule has 0 aromatic carbocycles. The quantitative estimate of drug-likeness (QED) is 0.393. The summed E-state index contributed by atoms with van der Waals surface area (Å²) >= 11 is 0. The van der Waals surface area contributed by atoms with Crippen LogP contribution in [0.4, 0.5) is 0 Å².